The number of aliphatic hydroxyl groups is 1. The molecule has 180 valence electrons. The van der Waals surface area contributed by atoms with Crippen molar-refractivity contribution >= 4 is 29.5 Å². The fraction of sp³-hybridized carbons (Fsp3) is 0.864. The van der Waals surface area contributed by atoms with Crippen molar-refractivity contribution < 1.29 is 29.0 Å². The molecule has 6 atom stereocenters. The topological polar surface area (TPSA) is 108 Å². The van der Waals surface area contributed by atoms with Crippen molar-refractivity contribution in [3.63, 3.8) is 0 Å². The predicted octanol–water partition coefficient (Wildman–Crippen LogP) is -0.140. The van der Waals surface area contributed by atoms with Gasteiger partial charge in [-0.1, -0.05) is 0 Å². The summed E-state index contributed by atoms with van der Waals surface area (Å²) in [6.45, 7) is 9.83. The normalized spacial score (nSPS) is 37.4. The third kappa shape index (κ3) is 3.73. The van der Waals surface area contributed by atoms with Crippen LogP contribution in [0.3, 0.4) is 0 Å². The smallest absolute Gasteiger partial charge is 0.311 e. The van der Waals surface area contributed by atoms with Gasteiger partial charge in [0.05, 0.1) is 49.1 Å². The van der Waals surface area contributed by atoms with Gasteiger partial charge in [0, 0.05) is 30.9 Å². The Morgan fingerprint density at radius 1 is 1.34 bits per heavy atom. The van der Waals surface area contributed by atoms with Crippen LogP contribution in [0.5, 0.6) is 0 Å². The predicted molar refractivity (Wildman–Crippen MR) is 119 cm³/mol. The van der Waals surface area contributed by atoms with Gasteiger partial charge in [-0.15, -0.1) is 11.8 Å². The summed E-state index contributed by atoms with van der Waals surface area (Å²) in [5, 5.41) is 12.9. The Balaban J connectivity index is 1.58. The fourth-order valence-electron chi connectivity index (χ4n) is 6.07. The van der Waals surface area contributed by atoms with Crippen molar-refractivity contribution in [3.8, 4) is 0 Å². The fourth-order valence-corrected chi connectivity index (χ4v) is 8.41. The summed E-state index contributed by atoms with van der Waals surface area (Å²) in [5.41, 5.74) is 0. The molecule has 4 heterocycles. The van der Waals surface area contributed by atoms with Crippen LogP contribution in [0.15, 0.2) is 0 Å². The largest absolute Gasteiger partial charge is 0.466 e. The number of esters is 1. The monoisotopic (exact) mass is 469 g/mol. The molecule has 0 aromatic rings. The zero-order chi connectivity index (χ0) is 23.1. The Kier molecular flexibility index (Phi) is 6.78. The van der Waals surface area contributed by atoms with E-state index in [0.717, 1.165) is 26.1 Å². The third-order valence-electron chi connectivity index (χ3n) is 7.57. The number of carbonyl (C=O) groups excluding carboxylic acids is 3. The van der Waals surface area contributed by atoms with Gasteiger partial charge in [0.1, 0.15) is 6.04 Å². The number of morpholine rings is 1. The number of amides is 2. The molecule has 2 unspecified atom stereocenters. The van der Waals surface area contributed by atoms with Crippen LogP contribution in [0, 0.1) is 11.8 Å². The molecule has 9 nitrogen and oxygen atoms in total. The summed E-state index contributed by atoms with van der Waals surface area (Å²) in [6, 6.07) is -1.22. The number of nitrogens with one attached hydrogen (secondary N) is 1. The molecule has 4 aliphatic rings. The minimum atomic E-state index is -0.710. The van der Waals surface area contributed by atoms with E-state index in [0.29, 0.717) is 26.2 Å². The number of rotatable bonds is 8. The van der Waals surface area contributed by atoms with E-state index >= 15 is 0 Å². The molecule has 2 bridgehead atoms. The number of aliphatic hydroxyl groups excluding tert-OH is 1. The Labute approximate surface area is 193 Å². The van der Waals surface area contributed by atoms with Gasteiger partial charge in [-0.25, -0.2) is 0 Å². The van der Waals surface area contributed by atoms with E-state index in [2.05, 4.69) is 10.2 Å². The Hall–Kier alpha value is -1.36. The Morgan fingerprint density at radius 3 is 2.72 bits per heavy atom. The van der Waals surface area contributed by atoms with Crippen molar-refractivity contribution in [1.82, 2.24) is 15.1 Å². The van der Waals surface area contributed by atoms with Crippen LogP contribution in [0.2, 0.25) is 0 Å². The van der Waals surface area contributed by atoms with Gasteiger partial charge in [0.25, 0.3) is 0 Å². The minimum absolute atomic E-state index is 0.198. The highest BCUT2D eigenvalue weighted by atomic mass is 32.2. The average molecular weight is 470 g/mol. The maximum atomic E-state index is 13.7. The van der Waals surface area contributed by atoms with Gasteiger partial charge in [0.15, 0.2) is 0 Å². The second kappa shape index (κ2) is 9.12. The summed E-state index contributed by atoms with van der Waals surface area (Å²) in [4.78, 5) is 43.9. The zero-order valence-corrected chi connectivity index (χ0v) is 20.0. The number of nitrogens with zero attached hydrogens (tertiary/aromatic N) is 2. The van der Waals surface area contributed by atoms with Crippen molar-refractivity contribution in [3.05, 3.63) is 0 Å². The first-order valence-electron chi connectivity index (χ1n) is 11.7. The highest BCUT2D eigenvalue weighted by Gasteiger charge is 2.77. The maximum absolute atomic E-state index is 13.7. The van der Waals surface area contributed by atoms with Gasteiger partial charge in [-0.3, -0.25) is 19.3 Å². The standard InChI is InChI=1S/C22H35N3O6S/c1-4-31-20(29)16-15-19(28)25(14(2)13-26)17(22(15)6-5-21(16,3)32-22)18(27)23-7-8-24-9-11-30-12-10-24/h14-17,26H,4-13H2,1-3H3,(H,23,27)/t14-,15+,16-,17?,21+,22?/m1/s1. The number of hydrogen-bond donors (Lipinski definition) is 2. The quantitative estimate of drug-likeness (QED) is 0.473. The van der Waals surface area contributed by atoms with Crippen LogP contribution >= 0.6 is 11.8 Å². The van der Waals surface area contributed by atoms with E-state index < -0.39 is 33.4 Å². The van der Waals surface area contributed by atoms with Gasteiger partial charge in [-0.2, -0.15) is 0 Å². The Morgan fingerprint density at radius 2 is 2.06 bits per heavy atom. The number of fused-ring (bicyclic) bond motifs is 1. The Bertz CT molecular complexity index is 762. The van der Waals surface area contributed by atoms with E-state index in [9.17, 15) is 19.5 Å². The molecule has 4 rings (SSSR count). The van der Waals surface area contributed by atoms with Gasteiger partial charge in [-0.05, 0) is 33.6 Å². The molecule has 4 aliphatic heterocycles. The molecule has 1 spiro atoms. The lowest BCUT2D eigenvalue weighted by molar-refractivity contribution is -0.155. The van der Waals surface area contributed by atoms with Crippen LogP contribution in [0.25, 0.3) is 0 Å². The van der Waals surface area contributed by atoms with Crippen molar-refractivity contribution in [1.29, 1.82) is 0 Å². The molecule has 2 amide bonds. The molecule has 0 aromatic carbocycles. The first-order valence-corrected chi connectivity index (χ1v) is 12.5. The second-order valence-corrected chi connectivity index (χ2v) is 11.4. The minimum Gasteiger partial charge on any atom is -0.466 e. The second-order valence-electron chi connectivity index (χ2n) is 9.50. The van der Waals surface area contributed by atoms with Crippen molar-refractivity contribution in [2.24, 2.45) is 11.8 Å². The SMILES string of the molecule is CCOC(=O)[C@H]1[C@H]2C(=O)N([C@H](C)CO)C(C(=O)NCCN3CCOCC3)C23CC[C@]1(C)S3. The molecule has 4 saturated heterocycles. The lowest BCUT2D eigenvalue weighted by Crippen LogP contribution is -2.56. The third-order valence-corrected chi connectivity index (χ3v) is 9.56. The summed E-state index contributed by atoms with van der Waals surface area (Å²) < 4.78 is 9.64. The first kappa shape index (κ1) is 23.8. The molecular weight excluding hydrogens is 434 g/mol. The van der Waals surface area contributed by atoms with E-state index in [1.165, 1.54) is 0 Å². The van der Waals surface area contributed by atoms with E-state index in [-0.39, 0.29) is 31.0 Å². The number of ether oxygens (including phenoxy) is 2. The maximum Gasteiger partial charge on any atom is 0.311 e. The average Bonchev–Trinajstić information content (AvgIpc) is 3.35. The molecular formula is C22H35N3O6S. The molecule has 10 heteroatoms. The number of thioether (sulfide) groups is 1. The van der Waals surface area contributed by atoms with E-state index in [1.54, 1.807) is 30.5 Å². The number of carbonyl (C=O) groups is 3. The molecule has 32 heavy (non-hydrogen) atoms. The number of hydrogen-bond acceptors (Lipinski definition) is 8. The van der Waals surface area contributed by atoms with Gasteiger partial charge < -0.3 is 24.8 Å². The summed E-state index contributed by atoms with van der Waals surface area (Å²) in [7, 11) is 0. The molecule has 0 aromatic heterocycles. The van der Waals surface area contributed by atoms with Gasteiger partial charge >= 0.3 is 5.97 Å². The molecule has 4 fully saturated rings. The zero-order valence-electron chi connectivity index (χ0n) is 19.2. The van der Waals surface area contributed by atoms with E-state index in [4.69, 9.17) is 9.47 Å². The highest BCUT2D eigenvalue weighted by molar-refractivity contribution is 8.02. The number of likely N-dealkylation sites (tertiary alicyclic amines) is 1. The van der Waals surface area contributed by atoms with Crippen LogP contribution in [-0.2, 0) is 23.9 Å². The van der Waals surface area contributed by atoms with Crippen LogP contribution in [-0.4, -0.2) is 107 Å². The molecule has 0 aliphatic carbocycles. The van der Waals surface area contributed by atoms with Crippen LogP contribution in [0.4, 0.5) is 0 Å². The highest BCUT2D eigenvalue weighted by Crippen LogP contribution is 2.71. The molecule has 2 N–H and O–H groups in total. The van der Waals surface area contributed by atoms with Crippen molar-refractivity contribution in [2.75, 3.05) is 52.6 Å². The molecule has 0 saturated carbocycles. The van der Waals surface area contributed by atoms with Gasteiger partial charge in [0.2, 0.25) is 11.8 Å². The summed E-state index contributed by atoms with van der Waals surface area (Å²) in [5.74, 6) is -1.94. The lowest BCUT2D eigenvalue weighted by Gasteiger charge is -2.36. The first-order chi connectivity index (χ1) is 15.3. The summed E-state index contributed by atoms with van der Waals surface area (Å²) >= 11 is 1.61. The van der Waals surface area contributed by atoms with Crippen LogP contribution < -0.4 is 5.32 Å². The van der Waals surface area contributed by atoms with Crippen LogP contribution in [0.1, 0.15) is 33.6 Å². The van der Waals surface area contributed by atoms with E-state index in [1.807, 2.05) is 6.92 Å². The molecule has 0 radical (unpaired) electrons. The summed E-state index contributed by atoms with van der Waals surface area (Å²) in [6.07, 6.45) is 1.44. The van der Waals surface area contributed by atoms with Crippen molar-refractivity contribution in [2.45, 2.75) is 55.2 Å². The lowest BCUT2D eigenvalue weighted by atomic mass is 9.66.